The van der Waals surface area contributed by atoms with Gasteiger partial charge in [0.1, 0.15) is 0 Å². The zero-order chi connectivity index (χ0) is 12.8. The summed E-state index contributed by atoms with van der Waals surface area (Å²) >= 11 is 0. The Morgan fingerprint density at radius 2 is 1.67 bits per heavy atom. The fourth-order valence-electron chi connectivity index (χ4n) is 2.78. The van der Waals surface area contributed by atoms with Crippen LogP contribution in [0.2, 0.25) is 0 Å². The van der Waals surface area contributed by atoms with E-state index in [4.69, 9.17) is 4.74 Å². The summed E-state index contributed by atoms with van der Waals surface area (Å²) in [5.74, 6) is 0.0993. The molecule has 0 aromatic rings. The number of rotatable bonds is 4. The highest BCUT2D eigenvalue weighted by Crippen LogP contribution is 2.18. The summed E-state index contributed by atoms with van der Waals surface area (Å²) in [6, 6.07) is 0. The van der Waals surface area contributed by atoms with Gasteiger partial charge in [-0.25, -0.2) is 0 Å². The Bertz CT molecular complexity index is 259. The van der Waals surface area contributed by atoms with Gasteiger partial charge in [0.15, 0.2) is 0 Å². The number of nitrogens with zero attached hydrogens (tertiary/aromatic N) is 2. The van der Waals surface area contributed by atoms with Crippen molar-refractivity contribution in [2.45, 2.75) is 12.8 Å². The third-order valence-electron chi connectivity index (χ3n) is 4.06. The Morgan fingerprint density at radius 3 is 2.22 bits per heavy atom. The predicted molar refractivity (Wildman–Crippen MR) is 70.5 cm³/mol. The summed E-state index contributed by atoms with van der Waals surface area (Å²) in [6.07, 6.45) is 1.91. The second-order valence-electron chi connectivity index (χ2n) is 5.23. The minimum atomic E-state index is -0.0308. The Morgan fingerprint density at radius 1 is 1.11 bits per heavy atom. The van der Waals surface area contributed by atoms with Gasteiger partial charge in [0.2, 0.25) is 0 Å². The van der Waals surface area contributed by atoms with Crippen LogP contribution >= 0.6 is 0 Å². The fourth-order valence-corrected chi connectivity index (χ4v) is 2.78. The highest BCUT2D eigenvalue weighted by molar-refractivity contribution is 5.72. The van der Waals surface area contributed by atoms with Gasteiger partial charge in [0, 0.05) is 39.3 Å². The molecule has 0 unspecified atom stereocenters. The van der Waals surface area contributed by atoms with Crippen molar-refractivity contribution in [3.05, 3.63) is 0 Å². The second kappa shape index (κ2) is 7.07. The minimum Gasteiger partial charge on any atom is -0.469 e. The third-order valence-corrected chi connectivity index (χ3v) is 4.06. The van der Waals surface area contributed by atoms with E-state index >= 15 is 0 Å². The van der Waals surface area contributed by atoms with E-state index in [1.54, 1.807) is 0 Å². The van der Waals surface area contributed by atoms with Crippen LogP contribution in [0.5, 0.6) is 0 Å². The molecule has 0 radical (unpaired) electrons. The lowest BCUT2D eigenvalue weighted by Crippen LogP contribution is -2.47. The van der Waals surface area contributed by atoms with Crippen LogP contribution in [0, 0.1) is 5.92 Å². The van der Waals surface area contributed by atoms with E-state index in [-0.39, 0.29) is 11.9 Å². The maximum absolute atomic E-state index is 11.4. The molecule has 104 valence electrons. The van der Waals surface area contributed by atoms with Gasteiger partial charge in [-0.15, -0.1) is 0 Å². The topological polar surface area (TPSA) is 44.8 Å². The normalized spacial score (nSPS) is 24.1. The Labute approximate surface area is 109 Å². The lowest BCUT2D eigenvalue weighted by molar-refractivity contribution is -0.147. The molecule has 2 heterocycles. The summed E-state index contributed by atoms with van der Waals surface area (Å²) < 4.78 is 4.81. The largest absolute Gasteiger partial charge is 0.469 e. The highest BCUT2D eigenvalue weighted by atomic mass is 16.5. The van der Waals surface area contributed by atoms with E-state index < -0.39 is 0 Å². The molecule has 18 heavy (non-hydrogen) atoms. The van der Waals surface area contributed by atoms with Crippen molar-refractivity contribution >= 4 is 5.97 Å². The van der Waals surface area contributed by atoms with Crippen LogP contribution < -0.4 is 5.32 Å². The summed E-state index contributed by atoms with van der Waals surface area (Å²) in [4.78, 5) is 16.4. The zero-order valence-electron chi connectivity index (χ0n) is 11.4. The molecule has 0 aromatic carbocycles. The number of piperazine rings is 1. The lowest BCUT2D eigenvalue weighted by Gasteiger charge is -2.33. The van der Waals surface area contributed by atoms with Gasteiger partial charge >= 0.3 is 5.97 Å². The molecule has 2 aliphatic rings. The maximum Gasteiger partial charge on any atom is 0.308 e. The Balaban J connectivity index is 1.62. The maximum atomic E-state index is 11.4. The molecule has 5 nitrogen and oxygen atoms in total. The van der Waals surface area contributed by atoms with Crippen LogP contribution in [0.4, 0.5) is 0 Å². The molecule has 0 atom stereocenters. The van der Waals surface area contributed by atoms with Gasteiger partial charge in [-0.3, -0.25) is 9.69 Å². The van der Waals surface area contributed by atoms with Crippen molar-refractivity contribution in [1.29, 1.82) is 0 Å². The number of methoxy groups -OCH3 is 1. The Hall–Kier alpha value is -0.650. The number of hydrogen-bond acceptors (Lipinski definition) is 5. The molecule has 2 rings (SSSR count). The second-order valence-corrected chi connectivity index (χ2v) is 5.23. The first kappa shape index (κ1) is 13.8. The van der Waals surface area contributed by atoms with Crippen LogP contribution in [0.15, 0.2) is 0 Å². The molecule has 2 fully saturated rings. The monoisotopic (exact) mass is 255 g/mol. The highest BCUT2D eigenvalue weighted by Gasteiger charge is 2.25. The van der Waals surface area contributed by atoms with Gasteiger partial charge in [-0.1, -0.05) is 0 Å². The number of ether oxygens (including phenoxy) is 1. The van der Waals surface area contributed by atoms with Crippen molar-refractivity contribution < 1.29 is 9.53 Å². The lowest BCUT2D eigenvalue weighted by atomic mass is 9.97. The average Bonchev–Trinajstić information content (AvgIpc) is 2.46. The van der Waals surface area contributed by atoms with E-state index in [1.807, 2.05) is 0 Å². The number of likely N-dealkylation sites (tertiary alicyclic amines) is 1. The number of carbonyl (C=O) groups is 1. The van der Waals surface area contributed by atoms with E-state index in [1.165, 1.54) is 20.2 Å². The van der Waals surface area contributed by atoms with Crippen molar-refractivity contribution in [3.8, 4) is 0 Å². The molecule has 0 spiro atoms. The number of piperidine rings is 1. The third kappa shape index (κ3) is 3.93. The molecular weight excluding hydrogens is 230 g/mol. The summed E-state index contributed by atoms with van der Waals surface area (Å²) in [6.45, 7) is 8.92. The van der Waals surface area contributed by atoms with E-state index in [0.29, 0.717) is 0 Å². The molecule has 0 aromatic heterocycles. The van der Waals surface area contributed by atoms with Crippen LogP contribution in [-0.2, 0) is 9.53 Å². The van der Waals surface area contributed by atoms with Crippen LogP contribution in [0.3, 0.4) is 0 Å². The molecule has 0 amide bonds. The van der Waals surface area contributed by atoms with Crippen molar-refractivity contribution in [2.24, 2.45) is 5.92 Å². The van der Waals surface area contributed by atoms with E-state index in [2.05, 4.69) is 15.1 Å². The summed E-state index contributed by atoms with van der Waals surface area (Å²) in [5.41, 5.74) is 0. The van der Waals surface area contributed by atoms with Gasteiger partial charge < -0.3 is 15.0 Å². The first-order valence-corrected chi connectivity index (χ1v) is 7.03. The average molecular weight is 255 g/mol. The Kier molecular flexibility index (Phi) is 5.41. The fraction of sp³-hybridized carbons (Fsp3) is 0.923. The number of esters is 1. The van der Waals surface area contributed by atoms with Crippen molar-refractivity contribution in [3.63, 3.8) is 0 Å². The summed E-state index contributed by atoms with van der Waals surface area (Å²) in [7, 11) is 1.49. The first-order valence-electron chi connectivity index (χ1n) is 7.03. The molecule has 2 aliphatic heterocycles. The standard InChI is InChI=1S/C13H25N3O2/c1-18-13(17)12-2-6-15(7-3-12)10-11-16-8-4-14-5-9-16/h12,14H,2-11H2,1H3. The smallest absolute Gasteiger partial charge is 0.308 e. The molecule has 0 saturated carbocycles. The van der Waals surface area contributed by atoms with Crippen molar-refractivity contribution in [2.75, 3.05) is 59.5 Å². The van der Waals surface area contributed by atoms with Gasteiger partial charge in [0.05, 0.1) is 13.0 Å². The van der Waals surface area contributed by atoms with Crippen LogP contribution in [0.25, 0.3) is 0 Å². The molecule has 1 N–H and O–H groups in total. The van der Waals surface area contributed by atoms with Gasteiger partial charge in [-0.05, 0) is 25.9 Å². The SMILES string of the molecule is COC(=O)C1CCN(CCN2CCNCC2)CC1. The van der Waals surface area contributed by atoms with Crippen molar-refractivity contribution in [1.82, 2.24) is 15.1 Å². The minimum absolute atomic E-state index is 0.0308. The van der Waals surface area contributed by atoms with Gasteiger partial charge in [-0.2, -0.15) is 0 Å². The van der Waals surface area contributed by atoms with Gasteiger partial charge in [0.25, 0.3) is 0 Å². The zero-order valence-corrected chi connectivity index (χ0v) is 11.4. The molecule has 0 bridgehead atoms. The molecule has 2 saturated heterocycles. The molecular formula is C13H25N3O2. The number of nitrogens with one attached hydrogen (secondary N) is 1. The number of hydrogen-bond donors (Lipinski definition) is 1. The van der Waals surface area contributed by atoms with Crippen LogP contribution in [0.1, 0.15) is 12.8 Å². The van der Waals surface area contributed by atoms with E-state index in [0.717, 1.165) is 52.1 Å². The van der Waals surface area contributed by atoms with Crippen LogP contribution in [-0.4, -0.2) is 75.2 Å². The molecule has 0 aliphatic carbocycles. The predicted octanol–water partition coefficient (Wildman–Crippen LogP) is -0.223. The molecule has 5 heteroatoms. The summed E-state index contributed by atoms with van der Waals surface area (Å²) in [5, 5.41) is 3.37. The first-order chi connectivity index (χ1) is 8.79. The quantitative estimate of drug-likeness (QED) is 0.704. The van der Waals surface area contributed by atoms with E-state index in [9.17, 15) is 4.79 Å². The number of carbonyl (C=O) groups excluding carboxylic acids is 1.